The number of rotatable bonds is 6. The van der Waals surface area contributed by atoms with Crippen molar-refractivity contribution in [3.8, 4) is 5.75 Å². The molecule has 21 heavy (non-hydrogen) atoms. The van der Waals surface area contributed by atoms with Gasteiger partial charge in [0.1, 0.15) is 5.75 Å². The second-order valence-electron chi connectivity index (χ2n) is 4.96. The first kappa shape index (κ1) is 16.8. The average Bonchev–Trinajstić information content (AvgIpc) is 2.46. The minimum atomic E-state index is -1.21. The molecule has 6 nitrogen and oxygen atoms in total. The lowest BCUT2D eigenvalue weighted by Gasteiger charge is -2.31. The molecule has 0 aliphatic heterocycles. The van der Waals surface area contributed by atoms with Crippen molar-refractivity contribution in [1.29, 1.82) is 0 Å². The molecule has 1 aromatic rings. The highest BCUT2D eigenvalue weighted by atomic mass is 16.4. The Kier molecular flexibility index (Phi) is 5.58. The maximum absolute atomic E-state index is 12.1. The lowest BCUT2D eigenvalue weighted by atomic mass is 9.90. The molecule has 0 heterocycles. The summed E-state index contributed by atoms with van der Waals surface area (Å²) in [6, 6.07) is 3.34. The molecular formula is C15H22N2O4. The highest BCUT2D eigenvalue weighted by Crippen LogP contribution is 2.23. The van der Waals surface area contributed by atoms with Gasteiger partial charge in [-0.25, -0.2) is 9.59 Å². The van der Waals surface area contributed by atoms with Crippen molar-refractivity contribution in [1.82, 2.24) is 5.32 Å². The Hall–Kier alpha value is -2.24. The summed E-state index contributed by atoms with van der Waals surface area (Å²) in [6.07, 6.45) is 2.36. The van der Waals surface area contributed by atoms with E-state index in [1.165, 1.54) is 12.1 Å². The quantitative estimate of drug-likeness (QED) is 0.605. The van der Waals surface area contributed by atoms with Crippen molar-refractivity contribution in [2.75, 3.05) is 5.32 Å². The van der Waals surface area contributed by atoms with Gasteiger partial charge in [-0.05, 0) is 37.5 Å². The third kappa shape index (κ3) is 4.11. The summed E-state index contributed by atoms with van der Waals surface area (Å²) in [4.78, 5) is 23.2. The zero-order chi connectivity index (χ0) is 16.0. The molecule has 0 radical (unpaired) electrons. The molecule has 0 saturated carbocycles. The summed E-state index contributed by atoms with van der Waals surface area (Å²) in [5.74, 6) is -1.38. The van der Waals surface area contributed by atoms with E-state index in [1.54, 1.807) is 0 Å². The van der Waals surface area contributed by atoms with Crippen molar-refractivity contribution in [2.24, 2.45) is 0 Å². The van der Waals surface area contributed by atoms with E-state index in [4.69, 9.17) is 5.11 Å². The summed E-state index contributed by atoms with van der Waals surface area (Å²) >= 11 is 0. The molecule has 1 aromatic carbocycles. The standard InChI is InChI=1S/C15H22N2O4/c1-4-15(5-2,6-3)17-14(21)16-12-8-7-10(18)9-11(12)13(19)20/h7-9,18H,4-6H2,1-3H3,(H,19,20)(H2,16,17,21). The van der Waals surface area contributed by atoms with Crippen LogP contribution < -0.4 is 10.6 Å². The zero-order valence-electron chi connectivity index (χ0n) is 12.6. The van der Waals surface area contributed by atoms with E-state index < -0.39 is 12.0 Å². The second kappa shape index (κ2) is 6.97. The molecule has 0 bridgehead atoms. The van der Waals surface area contributed by atoms with Crippen molar-refractivity contribution in [3.63, 3.8) is 0 Å². The summed E-state index contributed by atoms with van der Waals surface area (Å²) in [7, 11) is 0. The van der Waals surface area contributed by atoms with Crippen LogP contribution in [0, 0.1) is 0 Å². The normalized spacial score (nSPS) is 11.0. The average molecular weight is 294 g/mol. The molecule has 4 N–H and O–H groups in total. The van der Waals surface area contributed by atoms with Crippen LogP contribution in [0.1, 0.15) is 50.4 Å². The number of anilines is 1. The maximum atomic E-state index is 12.1. The third-order valence-electron chi connectivity index (χ3n) is 3.89. The first-order valence-corrected chi connectivity index (χ1v) is 7.03. The Bertz CT molecular complexity index is 516. The van der Waals surface area contributed by atoms with Crippen LogP contribution in [0.2, 0.25) is 0 Å². The molecule has 0 aliphatic rings. The predicted octanol–water partition coefficient (Wildman–Crippen LogP) is 3.18. The van der Waals surface area contributed by atoms with E-state index in [1.807, 2.05) is 20.8 Å². The molecular weight excluding hydrogens is 272 g/mol. The van der Waals surface area contributed by atoms with Crippen LogP contribution in [0.3, 0.4) is 0 Å². The Balaban J connectivity index is 2.91. The van der Waals surface area contributed by atoms with E-state index in [-0.39, 0.29) is 22.5 Å². The largest absolute Gasteiger partial charge is 0.508 e. The number of nitrogens with one attached hydrogen (secondary N) is 2. The van der Waals surface area contributed by atoms with Gasteiger partial charge in [0.25, 0.3) is 0 Å². The highest BCUT2D eigenvalue weighted by Gasteiger charge is 2.26. The number of carbonyl (C=O) groups is 2. The molecule has 0 saturated heterocycles. The monoisotopic (exact) mass is 294 g/mol. The maximum Gasteiger partial charge on any atom is 0.337 e. The van der Waals surface area contributed by atoms with Gasteiger partial charge in [0.05, 0.1) is 11.3 Å². The van der Waals surface area contributed by atoms with Crippen LogP contribution in [-0.4, -0.2) is 27.8 Å². The first-order chi connectivity index (χ1) is 9.87. The van der Waals surface area contributed by atoms with Crippen molar-refractivity contribution < 1.29 is 19.8 Å². The molecule has 0 atom stereocenters. The molecule has 6 heteroatoms. The molecule has 1 rings (SSSR count). The van der Waals surface area contributed by atoms with Crippen LogP contribution in [0.5, 0.6) is 5.75 Å². The van der Waals surface area contributed by atoms with Gasteiger partial charge in [-0.1, -0.05) is 20.8 Å². The van der Waals surface area contributed by atoms with Crippen LogP contribution in [0.4, 0.5) is 10.5 Å². The fourth-order valence-electron chi connectivity index (χ4n) is 2.23. The smallest absolute Gasteiger partial charge is 0.337 e. The van der Waals surface area contributed by atoms with Crippen molar-refractivity contribution in [2.45, 2.75) is 45.6 Å². The predicted molar refractivity (Wildman–Crippen MR) is 80.8 cm³/mol. The summed E-state index contributed by atoms with van der Waals surface area (Å²) in [6.45, 7) is 5.99. The van der Waals surface area contributed by atoms with Gasteiger partial charge >= 0.3 is 12.0 Å². The molecule has 0 aliphatic carbocycles. The van der Waals surface area contributed by atoms with Gasteiger partial charge in [0, 0.05) is 5.54 Å². The third-order valence-corrected chi connectivity index (χ3v) is 3.89. The number of amides is 2. The van der Waals surface area contributed by atoms with E-state index in [0.29, 0.717) is 0 Å². The number of urea groups is 1. The fraction of sp³-hybridized carbons (Fsp3) is 0.467. The SMILES string of the molecule is CCC(CC)(CC)NC(=O)Nc1ccc(O)cc1C(=O)O. The van der Waals surface area contributed by atoms with Crippen molar-refractivity contribution in [3.05, 3.63) is 23.8 Å². The summed E-state index contributed by atoms with van der Waals surface area (Å²) < 4.78 is 0. The first-order valence-electron chi connectivity index (χ1n) is 7.03. The van der Waals surface area contributed by atoms with Crippen LogP contribution in [0.25, 0.3) is 0 Å². The number of carboxylic acid groups (broad SMARTS) is 1. The van der Waals surface area contributed by atoms with Gasteiger partial charge in [-0.3, -0.25) is 0 Å². The number of aromatic hydroxyl groups is 1. The van der Waals surface area contributed by atoms with Crippen molar-refractivity contribution >= 4 is 17.7 Å². The topological polar surface area (TPSA) is 98.7 Å². The number of phenols is 1. The van der Waals surface area contributed by atoms with Gasteiger partial charge in [0.15, 0.2) is 0 Å². The van der Waals surface area contributed by atoms with Gasteiger partial charge in [0.2, 0.25) is 0 Å². The second-order valence-corrected chi connectivity index (χ2v) is 4.96. The molecule has 116 valence electrons. The van der Waals surface area contributed by atoms with Gasteiger partial charge in [-0.2, -0.15) is 0 Å². The highest BCUT2D eigenvalue weighted by molar-refractivity contribution is 6.00. The Morgan fingerprint density at radius 2 is 1.71 bits per heavy atom. The molecule has 0 aromatic heterocycles. The van der Waals surface area contributed by atoms with Crippen LogP contribution in [-0.2, 0) is 0 Å². The van der Waals surface area contributed by atoms with Gasteiger partial charge in [-0.15, -0.1) is 0 Å². The number of carbonyl (C=O) groups excluding carboxylic acids is 1. The van der Waals surface area contributed by atoms with Crippen LogP contribution >= 0.6 is 0 Å². The summed E-state index contributed by atoms with van der Waals surface area (Å²) in [5.41, 5.74) is -0.306. The Morgan fingerprint density at radius 3 is 2.19 bits per heavy atom. The van der Waals surface area contributed by atoms with Gasteiger partial charge < -0.3 is 20.8 Å². The number of benzene rings is 1. The minimum Gasteiger partial charge on any atom is -0.508 e. The van der Waals surface area contributed by atoms with Crippen LogP contribution in [0.15, 0.2) is 18.2 Å². The Morgan fingerprint density at radius 1 is 1.14 bits per heavy atom. The van der Waals surface area contributed by atoms with E-state index >= 15 is 0 Å². The fourth-order valence-corrected chi connectivity index (χ4v) is 2.23. The number of aromatic carboxylic acids is 1. The number of hydrogen-bond donors (Lipinski definition) is 4. The van der Waals surface area contributed by atoms with E-state index in [9.17, 15) is 14.7 Å². The van der Waals surface area contributed by atoms with E-state index in [2.05, 4.69) is 10.6 Å². The molecule has 2 amide bonds. The summed E-state index contributed by atoms with van der Waals surface area (Å²) in [5, 5.41) is 23.9. The zero-order valence-corrected chi connectivity index (χ0v) is 12.6. The molecule has 0 fully saturated rings. The number of phenolic OH excluding ortho intramolecular Hbond substituents is 1. The minimum absolute atomic E-state index is 0.148. The molecule has 0 spiro atoms. The van der Waals surface area contributed by atoms with E-state index in [0.717, 1.165) is 25.3 Å². The lowest BCUT2D eigenvalue weighted by Crippen LogP contribution is -2.49. The Labute approximate surface area is 124 Å². The molecule has 0 unspecified atom stereocenters. The number of hydrogen-bond acceptors (Lipinski definition) is 3. The number of carboxylic acids is 1. The lowest BCUT2D eigenvalue weighted by molar-refractivity contribution is 0.0697.